The molecule has 1 heteroatoms. The molecule has 11 aromatic rings. The van der Waals surface area contributed by atoms with Crippen LogP contribution >= 0.6 is 0 Å². The van der Waals surface area contributed by atoms with Crippen molar-refractivity contribution < 1.29 is 4.42 Å². The summed E-state index contributed by atoms with van der Waals surface area (Å²) in [6.07, 6.45) is 0. The summed E-state index contributed by atoms with van der Waals surface area (Å²) in [5, 5.41) is 2.21. The molecule has 0 radical (unpaired) electrons. The number of furan rings is 1. The molecule has 11 rings (SSSR count). The van der Waals surface area contributed by atoms with Gasteiger partial charge >= 0.3 is 0 Å². The van der Waals surface area contributed by atoms with Gasteiger partial charge in [0, 0.05) is 10.8 Å². The molecule has 0 aliphatic carbocycles. The fourth-order valence-electron chi connectivity index (χ4n) is 8.85. The highest BCUT2D eigenvalue weighted by Crippen LogP contribution is 2.43. The van der Waals surface area contributed by atoms with Crippen LogP contribution in [0.5, 0.6) is 0 Å². The fraction of sp³-hybridized carbons (Fsp3) is 0. The summed E-state index contributed by atoms with van der Waals surface area (Å²) in [5.74, 6) is 0. The predicted molar refractivity (Wildman–Crippen MR) is 257 cm³/mol. The van der Waals surface area contributed by atoms with Gasteiger partial charge in [-0.25, -0.2) is 0 Å². The van der Waals surface area contributed by atoms with Crippen molar-refractivity contribution in [2.45, 2.75) is 0 Å². The van der Waals surface area contributed by atoms with E-state index in [1.165, 1.54) is 66.8 Å². The zero-order chi connectivity index (χ0) is 40.5. The van der Waals surface area contributed by atoms with E-state index in [1.807, 2.05) is 0 Å². The van der Waals surface area contributed by atoms with E-state index in [2.05, 4.69) is 243 Å². The highest BCUT2D eigenvalue weighted by Gasteiger charge is 2.18. The summed E-state index contributed by atoms with van der Waals surface area (Å²) in [5.41, 5.74) is 20.6. The predicted octanol–water partition coefficient (Wildman–Crippen LogP) is 16.9. The molecule has 0 saturated heterocycles. The maximum Gasteiger partial charge on any atom is 0.136 e. The van der Waals surface area contributed by atoms with Crippen LogP contribution in [-0.4, -0.2) is 0 Å². The summed E-state index contributed by atoms with van der Waals surface area (Å²) in [6.45, 7) is 0. The van der Waals surface area contributed by atoms with Gasteiger partial charge in [-0.15, -0.1) is 0 Å². The van der Waals surface area contributed by atoms with Crippen molar-refractivity contribution in [3.8, 4) is 89.0 Å². The topological polar surface area (TPSA) is 13.1 Å². The molecule has 0 bridgehead atoms. The number of rotatable bonds is 8. The first-order valence-corrected chi connectivity index (χ1v) is 20.9. The van der Waals surface area contributed by atoms with Gasteiger partial charge in [0.05, 0.1) is 0 Å². The minimum Gasteiger partial charge on any atom is -0.456 e. The molecular formula is C60H40O. The lowest BCUT2D eigenvalue weighted by molar-refractivity contribution is 0.669. The normalized spacial score (nSPS) is 11.3. The molecule has 1 heterocycles. The van der Waals surface area contributed by atoms with Crippen LogP contribution in [0.2, 0.25) is 0 Å². The van der Waals surface area contributed by atoms with Crippen molar-refractivity contribution in [2.75, 3.05) is 0 Å². The molecule has 0 fully saturated rings. The molecule has 0 unspecified atom stereocenters. The smallest absolute Gasteiger partial charge is 0.136 e. The quantitative estimate of drug-likeness (QED) is 0.150. The van der Waals surface area contributed by atoms with Crippen LogP contribution in [0.1, 0.15) is 0 Å². The molecule has 0 atom stereocenters. The van der Waals surface area contributed by atoms with Gasteiger partial charge in [0.2, 0.25) is 0 Å². The lowest BCUT2D eigenvalue weighted by Crippen LogP contribution is -1.89. The zero-order valence-corrected chi connectivity index (χ0v) is 33.5. The molecule has 286 valence electrons. The van der Waals surface area contributed by atoms with Crippen LogP contribution in [0, 0.1) is 0 Å². The highest BCUT2D eigenvalue weighted by molar-refractivity contribution is 6.14. The van der Waals surface area contributed by atoms with Gasteiger partial charge < -0.3 is 4.42 Å². The van der Waals surface area contributed by atoms with E-state index >= 15 is 0 Å². The van der Waals surface area contributed by atoms with Crippen molar-refractivity contribution in [1.82, 2.24) is 0 Å². The van der Waals surface area contributed by atoms with E-state index in [1.54, 1.807) is 0 Å². The molecular weight excluding hydrogens is 737 g/mol. The first-order chi connectivity index (χ1) is 30.2. The SMILES string of the molecule is c1ccc(-c2cccc(-c3cc(-c4ccccc4)cc(-c4ccc5oc6cccc(-c7cc(-c8ccccc8)cc(-c8ccccc8-c8ccccc8)c7)c6c5c4)c3)c2)cc1. The van der Waals surface area contributed by atoms with Gasteiger partial charge in [-0.1, -0.05) is 182 Å². The molecule has 10 aromatic carbocycles. The van der Waals surface area contributed by atoms with E-state index in [-0.39, 0.29) is 0 Å². The van der Waals surface area contributed by atoms with Crippen LogP contribution in [0.25, 0.3) is 111 Å². The number of fused-ring (bicyclic) bond motifs is 3. The third-order valence-electron chi connectivity index (χ3n) is 11.8. The summed E-state index contributed by atoms with van der Waals surface area (Å²) in [6, 6.07) is 87.4. The van der Waals surface area contributed by atoms with Gasteiger partial charge in [-0.2, -0.15) is 0 Å². The standard InChI is InChI=1S/C60H40O/c1-5-17-41(18-6-1)45-25-15-26-46(33-45)50-34-48(42-19-7-2-8-20-42)35-51(36-50)47-31-32-58-57(40-47)60-56(29-16-30-59(60)61-58)53-38-49(43-21-9-3-10-22-43)37-52(39-53)55-28-14-13-27-54(55)44-23-11-4-12-24-44/h1-40H. The van der Waals surface area contributed by atoms with Crippen molar-refractivity contribution >= 4 is 21.9 Å². The average molecular weight is 777 g/mol. The maximum absolute atomic E-state index is 6.65. The van der Waals surface area contributed by atoms with E-state index in [9.17, 15) is 0 Å². The van der Waals surface area contributed by atoms with E-state index in [4.69, 9.17) is 4.42 Å². The first-order valence-electron chi connectivity index (χ1n) is 20.9. The van der Waals surface area contributed by atoms with Crippen LogP contribution < -0.4 is 0 Å². The summed E-state index contributed by atoms with van der Waals surface area (Å²) < 4.78 is 6.65. The third-order valence-corrected chi connectivity index (χ3v) is 11.8. The van der Waals surface area contributed by atoms with Gasteiger partial charge in [0.1, 0.15) is 11.2 Å². The second-order valence-electron chi connectivity index (χ2n) is 15.7. The van der Waals surface area contributed by atoms with Gasteiger partial charge in [-0.05, 0) is 150 Å². The lowest BCUT2D eigenvalue weighted by atomic mass is 9.88. The maximum atomic E-state index is 6.65. The van der Waals surface area contributed by atoms with Crippen LogP contribution in [0.3, 0.4) is 0 Å². The Morgan fingerprint density at radius 2 is 0.557 bits per heavy atom. The molecule has 1 aromatic heterocycles. The first kappa shape index (κ1) is 36.1. The van der Waals surface area contributed by atoms with Gasteiger partial charge in [0.25, 0.3) is 0 Å². The van der Waals surface area contributed by atoms with E-state index in [0.717, 1.165) is 44.2 Å². The molecule has 61 heavy (non-hydrogen) atoms. The fourth-order valence-corrected chi connectivity index (χ4v) is 8.85. The Kier molecular flexibility index (Phi) is 9.26. The Hall–Kier alpha value is -8.00. The van der Waals surface area contributed by atoms with Crippen molar-refractivity contribution in [3.05, 3.63) is 243 Å². The van der Waals surface area contributed by atoms with E-state index < -0.39 is 0 Å². The molecule has 0 aliphatic rings. The van der Waals surface area contributed by atoms with Crippen LogP contribution in [0.4, 0.5) is 0 Å². The Labute approximate surface area is 356 Å². The summed E-state index contributed by atoms with van der Waals surface area (Å²) >= 11 is 0. The van der Waals surface area contributed by atoms with Crippen molar-refractivity contribution in [1.29, 1.82) is 0 Å². The molecule has 0 amide bonds. The Morgan fingerprint density at radius 1 is 0.197 bits per heavy atom. The van der Waals surface area contributed by atoms with Crippen molar-refractivity contribution in [3.63, 3.8) is 0 Å². The summed E-state index contributed by atoms with van der Waals surface area (Å²) in [7, 11) is 0. The molecule has 0 N–H and O–H groups in total. The van der Waals surface area contributed by atoms with Gasteiger partial charge in [-0.3, -0.25) is 0 Å². The van der Waals surface area contributed by atoms with Gasteiger partial charge in [0.15, 0.2) is 0 Å². The number of hydrogen-bond acceptors (Lipinski definition) is 1. The monoisotopic (exact) mass is 776 g/mol. The van der Waals surface area contributed by atoms with E-state index in [0.29, 0.717) is 0 Å². The molecule has 1 nitrogen and oxygen atoms in total. The van der Waals surface area contributed by atoms with Crippen molar-refractivity contribution in [2.24, 2.45) is 0 Å². The Morgan fingerprint density at radius 3 is 1.15 bits per heavy atom. The Bertz CT molecular complexity index is 3330. The second-order valence-corrected chi connectivity index (χ2v) is 15.7. The minimum absolute atomic E-state index is 0.870. The summed E-state index contributed by atoms with van der Waals surface area (Å²) in [4.78, 5) is 0. The minimum atomic E-state index is 0.870. The highest BCUT2D eigenvalue weighted by atomic mass is 16.3. The second kappa shape index (κ2) is 15.6. The number of benzene rings is 10. The average Bonchev–Trinajstić information content (AvgIpc) is 3.73. The Balaban J connectivity index is 1.09. The third kappa shape index (κ3) is 7.03. The molecule has 0 spiro atoms. The van der Waals surface area contributed by atoms with Crippen LogP contribution in [-0.2, 0) is 0 Å². The van der Waals surface area contributed by atoms with Crippen LogP contribution in [0.15, 0.2) is 247 Å². The largest absolute Gasteiger partial charge is 0.456 e. The number of hydrogen-bond donors (Lipinski definition) is 0. The zero-order valence-electron chi connectivity index (χ0n) is 33.5. The lowest BCUT2D eigenvalue weighted by Gasteiger charge is -2.15. The molecule has 0 saturated carbocycles. The molecule has 0 aliphatic heterocycles.